The van der Waals surface area contributed by atoms with Gasteiger partial charge in [0, 0.05) is 19.2 Å². The van der Waals surface area contributed by atoms with Crippen molar-refractivity contribution in [3.05, 3.63) is 0 Å². The predicted octanol–water partition coefficient (Wildman–Crippen LogP) is 0.690. The molecule has 3 nitrogen and oxygen atoms in total. The molecule has 0 aromatic heterocycles. The molecule has 0 aromatic carbocycles. The smallest absolute Gasteiger partial charge is 0.0702 e. The summed E-state index contributed by atoms with van der Waals surface area (Å²) in [6.07, 6.45) is 1.55. The Labute approximate surface area is 81.2 Å². The summed E-state index contributed by atoms with van der Waals surface area (Å²) in [4.78, 5) is 2.38. The second kappa shape index (κ2) is 4.94. The lowest BCUT2D eigenvalue weighted by Gasteiger charge is -2.28. The summed E-state index contributed by atoms with van der Waals surface area (Å²) >= 11 is 0. The number of rotatable bonds is 4. The maximum Gasteiger partial charge on any atom is 0.0702 e. The van der Waals surface area contributed by atoms with Gasteiger partial charge in [-0.1, -0.05) is 6.92 Å². The number of hydrogen-bond acceptors (Lipinski definition) is 3. The molecule has 0 bridgehead atoms. The average Bonchev–Trinajstić information content (AvgIpc) is 2.51. The molecule has 1 fully saturated rings. The zero-order valence-corrected chi connectivity index (χ0v) is 8.99. The van der Waals surface area contributed by atoms with E-state index in [9.17, 15) is 0 Å². The molecule has 1 heterocycles. The van der Waals surface area contributed by atoms with Crippen LogP contribution in [-0.2, 0) is 4.74 Å². The van der Waals surface area contributed by atoms with Crippen molar-refractivity contribution in [2.45, 2.75) is 32.4 Å². The number of ether oxygens (including phenoxy) is 1. The van der Waals surface area contributed by atoms with E-state index in [0.29, 0.717) is 18.1 Å². The van der Waals surface area contributed by atoms with Gasteiger partial charge in [-0.05, 0) is 32.9 Å². The maximum absolute atomic E-state index is 5.60. The number of nitrogens with two attached hydrogens (primary N) is 1. The van der Waals surface area contributed by atoms with Gasteiger partial charge in [0.05, 0.1) is 6.10 Å². The molecule has 1 saturated heterocycles. The largest absolute Gasteiger partial charge is 0.377 e. The van der Waals surface area contributed by atoms with E-state index in [-0.39, 0.29) is 0 Å². The molecular formula is C10H22N2O. The highest BCUT2D eigenvalue weighted by molar-refractivity contribution is 4.81. The van der Waals surface area contributed by atoms with Crippen molar-refractivity contribution >= 4 is 0 Å². The first-order valence-electron chi connectivity index (χ1n) is 5.17. The molecule has 2 N–H and O–H groups in total. The van der Waals surface area contributed by atoms with Crippen LogP contribution in [0.25, 0.3) is 0 Å². The van der Waals surface area contributed by atoms with Gasteiger partial charge in [0.15, 0.2) is 0 Å². The predicted molar refractivity (Wildman–Crippen MR) is 54.7 cm³/mol. The van der Waals surface area contributed by atoms with Crippen LogP contribution in [0.1, 0.15) is 20.3 Å². The van der Waals surface area contributed by atoms with Crippen molar-refractivity contribution < 1.29 is 4.74 Å². The topological polar surface area (TPSA) is 38.5 Å². The van der Waals surface area contributed by atoms with Gasteiger partial charge in [0.25, 0.3) is 0 Å². The van der Waals surface area contributed by atoms with E-state index in [0.717, 1.165) is 26.1 Å². The molecule has 1 rings (SSSR count). The van der Waals surface area contributed by atoms with E-state index in [1.54, 1.807) is 0 Å². The van der Waals surface area contributed by atoms with Crippen LogP contribution in [0.4, 0.5) is 0 Å². The molecule has 3 atom stereocenters. The van der Waals surface area contributed by atoms with Crippen molar-refractivity contribution in [1.82, 2.24) is 4.90 Å². The highest BCUT2D eigenvalue weighted by atomic mass is 16.5. The Bertz CT molecular complexity index is 152. The molecule has 0 spiro atoms. The summed E-state index contributed by atoms with van der Waals surface area (Å²) in [6, 6.07) is 0.592. The minimum Gasteiger partial charge on any atom is -0.377 e. The van der Waals surface area contributed by atoms with Gasteiger partial charge >= 0.3 is 0 Å². The van der Waals surface area contributed by atoms with Crippen LogP contribution < -0.4 is 5.73 Å². The number of nitrogens with zero attached hydrogens (tertiary/aromatic N) is 1. The summed E-state index contributed by atoms with van der Waals surface area (Å²) < 4.78 is 5.53. The van der Waals surface area contributed by atoms with Gasteiger partial charge in [-0.25, -0.2) is 0 Å². The van der Waals surface area contributed by atoms with Crippen LogP contribution in [0, 0.1) is 5.92 Å². The van der Waals surface area contributed by atoms with E-state index >= 15 is 0 Å². The SMILES string of the molecule is CC(CN)CN(C)C1CCOC1C. The molecule has 0 radical (unpaired) electrons. The van der Waals surface area contributed by atoms with E-state index in [1.165, 1.54) is 0 Å². The van der Waals surface area contributed by atoms with Crippen molar-refractivity contribution in [1.29, 1.82) is 0 Å². The molecule has 1 aliphatic rings. The molecule has 0 aromatic rings. The molecular weight excluding hydrogens is 164 g/mol. The first kappa shape index (κ1) is 11.0. The Morgan fingerprint density at radius 2 is 2.31 bits per heavy atom. The van der Waals surface area contributed by atoms with Gasteiger partial charge in [0.1, 0.15) is 0 Å². The molecule has 3 unspecified atom stereocenters. The zero-order valence-electron chi connectivity index (χ0n) is 8.99. The fourth-order valence-corrected chi connectivity index (χ4v) is 2.00. The number of likely N-dealkylation sites (N-methyl/N-ethyl adjacent to an activating group) is 1. The van der Waals surface area contributed by atoms with E-state index in [1.807, 2.05) is 0 Å². The lowest BCUT2D eigenvalue weighted by atomic mass is 10.1. The summed E-state index contributed by atoms with van der Waals surface area (Å²) in [5, 5.41) is 0. The average molecular weight is 186 g/mol. The van der Waals surface area contributed by atoms with E-state index < -0.39 is 0 Å². The third kappa shape index (κ3) is 2.93. The Balaban J connectivity index is 2.33. The van der Waals surface area contributed by atoms with Crippen LogP contribution in [0.5, 0.6) is 0 Å². The fraction of sp³-hybridized carbons (Fsp3) is 1.00. The van der Waals surface area contributed by atoms with Crippen LogP contribution in [0.3, 0.4) is 0 Å². The molecule has 0 amide bonds. The van der Waals surface area contributed by atoms with Crippen LogP contribution >= 0.6 is 0 Å². The number of hydrogen-bond donors (Lipinski definition) is 1. The summed E-state index contributed by atoms with van der Waals surface area (Å²) in [5.74, 6) is 0.581. The second-order valence-corrected chi connectivity index (χ2v) is 4.21. The van der Waals surface area contributed by atoms with Crippen LogP contribution in [0.15, 0.2) is 0 Å². The Hall–Kier alpha value is -0.120. The van der Waals surface area contributed by atoms with Crippen LogP contribution in [0.2, 0.25) is 0 Å². The first-order valence-corrected chi connectivity index (χ1v) is 5.17. The van der Waals surface area contributed by atoms with E-state index in [2.05, 4.69) is 25.8 Å². The Kier molecular flexibility index (Phi) is 4.16. The van der Waals surface area contributed by atoms with Crippen molar-refractivity contribution in [2.24, 2.45) is 11.7 Å². The van der Waals surface area contributed by atoms with Gasteiger partial charge in [0.2, 0.25) is 0 Å². The monoisotopic (exact) mass is 186 g/mol. The van der Waals surface area contributed by atoms with Gasteiger partial charge in [-0.3, -0.25) is 0 Å². The molecule has 0 saturated carbocycles. The van der Waals surface area contributed by atoms with Crippen molar-refractivity contribution in [2.75, 3.05) is 26.7 Å². The summed E-state index contributed by atoms with van der Waals surface area (Å²) in [7, 11) is 2.17. The Morgan fingerprint density at radius 3 is 2.77 bits per heavy atom. The van der Waals surface area contributed by atoms with Gasteiger partial charge in [-0.2, -0.15) is 0 Å². The van der Waals surface area contributed by atoms with Crippen molar-refractivity contribution in [3.8, 4) is 0 Å². The maximum atomic E-state index is 5.60. The highest BCUT2D eigenvalue weighted by Gasteiger charge is 2.27. The minimum atomic E-state index is 0.384. The zero-order chi connectivity index (χ0) is 9.84. The Morgan fingerprint density at radius 1 is 1.62 bits per heavy atom. The normalized spacial score (nSPS) is 31.2. The van der Waals surface area contributed by atoms with Gasteiger partial charge in [-0.15, -0.1) is 0 Å². The fourth-order valence-electron chi connectivity index (χ4n) is 2.00. The molecule has 1 aliphatic heterocycles. The summed E-state index contributed by atoms with van der Waals surface area (Å²) in [6.45, 7) is 7.10. The molecule has 3 heteroatoms. The van der Waals surface area contributed by atoms with Gasteiger partial charge < -0.3 is 15.4 Å². The molecule has 0 aliphatic carbocycles. The molecule has 78 valence electrons. The third-order valence-corrected chi connectivity index (χ3v) is 2.90. The first-order chi connectivity index (χ1) is 6.15. The van der Waals surface area contributed by atoms with Crippen LogP contribution in [-0.4, -0.2) is 43.8 Å². The third-order valence-electron chi connectivity index (χ3n) is 2.90. The highest BCUT2D eigenvalue weighted by Crippen LogP contribution is 2.18. The minimum absolute atomic E-state index is 0.384. The summed E-state index contributed by atoms with van der Waals surface area (Å²) in [5.41, 5.74) is 5.60. The lowest BCUT2D eigenvalue weighted by Crippen LogP contribution is -2.40. The van der Waals surface area contributed by atoms with Crippen molar-refractivity contribution in [3.63, 3.8) is 0 Å². The standard InChI is InChI=1S/C10H22N2O/c1-8(6-11)7-12(3)10-4-5-13-9(10)2/h8-10H,4-7,11H2,1-3H3. The van der Waals surface area contributed by atoms with E-state index in [4.69, 9.17) is 10.5 Å². The molecule has 13 heavy (non-hydrogen) atoms. The quantitative estimate of drug-likeness (QED) is 0.702. The lowest BCUT2D eigenvalue weighted by molar-refractivity contribution is 0.0795. The second-order valence-electron chi connectivity index (χ2n) is 4.21.